The molecule has 0 spiro atoms. The highest BCUT2D eigenvalue weighted by Gasteiger charge is 2.25. The van der Waals surface area contributed by atoms with Crippen LogP contribution in [-0.2, 0) is 15.4 Å². The smallest absolute Gasteiger partial charge is 0.414 e. The van der Waals surface area contributed by atoms with E-state index in [2.05, 4.69) is 30.9 Å². The lowest BCUT2D eigenvalue weighted by atomic mass is 10.0. The third-order valence-electron chi connectivity index (χ3n) is 9.54. The van der Waals surface area contributed by atoms with Gasteiger partial charge in [0.1, 0.15) is 23.8 Å². The Morgan fingerprint density at radius 3 is 1.52 bits per heavy atom. The van der Waals surface area contributed by atoms with Gasteiger partial charge in [0.25, 0.3) is 29.5 Å². The van der Waals surface area contributed by atoms with Gasteiger partial charge in [-0.2, -0.15) is 9.97 Å². The average Bonchev–Trinajstić information content (AvgIpc) is 3.98. The van der Waals surface area contributed by atoms with E-state index in [0.29, 0.717) is 29.0 Å². The second-order valence-electron chi connectivity index (χ2n) is 15.3. The predicted molar refractivity (Wildman–Crippen MR) is 231 cm³/mol. The molecule has 0 bridgehead atoms. The first-order chi connectivity index (χ1) is 31.4. The van der Waals surface area contributed by atoms with E-state index < -0.39 is 47.7 Å². The summed E-state index contributed by atoms with van der Waals surface area (Å²) in [6.07, 6.45) is -2.22. The molecular formula is C48H42F4N6O8. The SMILES string of the molecule is CC(C)CC(C)OC(=O)NC(=O)c1cccc(-c2noc(-c3ccccc3F)n2)c1.CC(OC(=O)NC(=O)c1cccc(-c2noc(-c3ccccc3F)n2)c1)c1ccc(C(C)(F)F)cc1. The van der Waals surface area contributed by atoms with E-state index in [1.807, 2.05) is 13.8 Å². The quantitative estimate of drug-likeness (QED) is 0.111. The zero-order chi connectivity index (χ0) is 47.5. The van der Waals surface area contributed by atoms with Gasteiger partial charge in [0.15, 0.2) is 0 Å². The molecule has 0 saturated carbocycles. The first kappa shape index (κ1) is 47.5. The molecule has 7 rings (SSSR count). The van der Waals surface area contributed by atoms with Gasteiger partial charge in [-0.1, -0.05) is 97.0 Å². The van der Waals surface area contributed by atoms with E-state index in [0.717, 1.165) is 6.92 Å². The van der Waals surface area contributed by atoms with Crippen LogP contribution < -0.4 is 10.6 Å². The summed E-state index contributed by atoms with van der Waals surface area (Å²) in [6, 6.07) is 29.8. The lowest BCUT2D eigenvalue weighted by Crippen LogP contribution is -2.33. The molecule has 0 aliphatic rings. The fourth-order valence-electron chi connectivity index (χ4n) is 6.33. The number of aromatic nitrogens is 4. The Morgan fingerprint density at radius 1 is 0.621 bits per heavy atom. The fourth-order valence-corrected chi connectivity index (χ4v) is 6.33. The van der Waals surface area contributed by atoms with E-state index in [1.54, 1.807) is 62.4 Å². The Kier molecular flexibility index (Phi) is 15.2. The zero-order valence-electron chi connectivity index (χ0n) is 36.1. The largest absolute Gasteiger partial charge is 0.446 e. The highest BCUT2D eigenvalue weighted by atomic mass is 19.3. The molecule has 2 atom stereocenters. The molecule has 340 valence electrons. The number of rotatable bonds is 12. The number of benzene rings is 5. The second kappa shape index (κ2) is 21.1. The van der Waals surface area contributed by atoms with Crippen LogP contribution >= 0.6 is 0 Å². The standard InChI is InChI=1S/C26H20F3N3O4.C22H22FN3O4/c1-15(16-10-12-19(13-11-16)26(2,28)29)35-25(34)31-23(33)18-7-5-6-17(14-18)22-30-24(36-32-22)20-8-3-4-9-21(20)27;1-13(2)11-14(3)29-22(28)25-20(27)16-8-6-7-15(12-16)19-24-21(30-26-19)17-9-4-5-10-18(17)23/h3-15H,1-2H3,(H,31,33,34);4-10,12-14H,11H2,1-3H3,(H,25,27,28). The highest BCUT2D eigenvalue weighted by Crippen LogP contribution is 2.29. The van der Waals surface area contributed by atoms with Crippen LogP contribution in [0.15, 0.2) is 130 Å². The molecule has 7 aromatic rings. The summed E-state index contributed by atoms with van der Waals surface area (Å²) in [7, 11) is 0. The normalized spacial score (nSPS) is 12.0. The van der Waals surface area contributed by atoms with Crippen LogP contribution in [0, 0.1) is 17.6 Å². The van der Waals surface area contributed by atoms with Crippen molar-refractivity contribution in [2.45, 2.75) is 59.2 Å². The maximum Gasteiger partial charge on any atom is 0.414 e. The van der Waals surface area contributed by atoms with Crippen molar-refractivity contribution in [1.29, 1.82) is 0 Å². The Morgan fingerprint density at radius 2 is 1.08 bits per heavy atom. The van der Waals surface area contributed by atoms with Gasteiger partial charge in [0.2, 0.25) is 11.6 Å². The molecular weight excluding hydrogens is 865 g/mol. The van der Waals surface area contributed by atoms with Gasteiger partial charge in [0.05, 0.1) is 11.1 Å². The van der Waals surface area contributed by atoms with E-state index >= 15 is 0 Å². The van der Waals surface area contributed by atoms with E-state index in [1.165, 1.54) is 72.8 Å². The maximum atomic E-state index is 14.0. The van der Waals surface area contributed by atoms with Gasteiger partial charge < -0.3 is 18.5 Å². The molecule has 66 heavy (non-hydrogen) atoms. The molecule has 0 aliphatic carbocycles. The molecule has 0 radical (unpaired) electrons. The van der Waals surface area contributed by atoms with Crippen LogP contribution in [0.2, 0.25) is 0 Å². The monoisotopic (exact) mass is 906 g/mol. The van der Waals surface area contributed by atoms with Crippen LogP contribution in [0.25, 0.3) is 45.7 Å². The van der Waals surface area contributed by atoms with Crippen molar-refractivity contribution >= 4 is 24.0 Å². The Bertz CT molecular complexity index is 2820. The van der Waals surface area contributed by atoms with Gasteiger partial charge in [-0.05, 0) is 80.3 Å². The van der Waals surface area contributed by atoms with Gasteiger partial charge in [-0.25, -0.2) is 27.2 Å². The van der Waals surface area contributed by atoms with Crippen molar-refractivity contribution in [2.75, 3.05) is 0 Å². The number of hydrogen-bond donors (Lipinski definition) is 2. The Labute approximate surface area is 375 Å². The average molecular weight is 907 g/mol. The van der Waals surface area contributed by atoms with Gasteiger partial charge >= 0.3 is 12.2 Å². The molecule has 14 nitrogen and oxygen atoms in total. The number of hydrogen-bond acceptors (Lipinski definition) is 12. The van der Waals surface area contributed by atoms with Crippen molar-refractivity contribution in [1.82, 2.24) is 30.9 Å². The number of alkyl halides is 2. The predicted octanol–water partition coefficient (Wildman–Crippen LogP) is 11.1. The van der Waals surface area contributed by atoms with Crippen LogP contribution in [0.4, 0.5) is 27.2 Å². The summed E-state index contributed by atoms with van der Waals surface area (Å²) in [6.45, 7) is 8.14. The van der Waals surface area contributed by atoms with E-state index in [4.69, 9.17) is 18.5 Å². The molecule has 0 fully saturated rings. The summed E-state index contributed by atoms with van der Waals surface area (Å²) < 4.78 is 75.3. The number of amides is 4. The number of nitrogens with one attached hydrogen (secondary N) is 2. The van der Waals surface area contributed by atoms with Gasteiger partial charge in [-0.15, -0.1) is 0 Å². The molecule has 2 unspecified atom stereocenters. The minimum Gasteiger partial charge on any atom is -0.446 e. The van der Waals surface area contributed by atoms with Crippen molar-refractivity contribution in [2.24, 2.45) is 5.92 Å². The summed E-state index contributed by atoms with van der Waals surface area (Å²) in [5.74, 6) is -4.66. The molecule has 2 aromatic heterocycles. The third kappa shape index (κ3) is 12.6. The number of carbonyl (C=O) groups is 4. The maximum absolute atomic E-state index is 14.0. The summed E-state index contributed by atoms with van der Waals surface area (Å²) in [4.78, 5) is 57.5. The number of nitrogens with zero attached hydrogens (tertiary/aromatic N) is 4. The Balaban J connectivity index is 0.000000222. The molecule has 5 aromatic carbocycles. The number of ether oxygens (including phenoxy) is 2. The van der Waals surface area contributed by atoms with Crippen molar-refractivity contribution in [3.8, 4) is 45.7 Å². The van der Waals surface area contributed by atoms with E-state index in [-0.39, 0.29) is 57.4 Å². The minimum absolute atomic E-state index is 0.0220. The van der Waals surface area contributed by atoms with Crippen LogP contribution in [0.5, 0.6) is 0 Å². The molecule has 18 heteroatoms. The van der Waals surface area contributed by atoms with Crippen molar-refractivity contribution < 1.29 is 55.3 Å². The first-order valence-corrected chi connectivity index (χ1v) is 20.4. The highest BCUT2D eigenvalue weighted by molar-refractivity contribution is 6.04. The lowest BCUT2D eigenvalue weighted by molar-refractivity contribution is 0.0173. The first-order valence-electron chi connectivity index (χ1n) is 20.4. The summed E-state index contributed by atoms with van der Waals surface area (Å²) in [5.41, 5.74) is 1.86. The number of halogens is 4. The summed E-state index contributed by atoms with van der Waals surface area (Å²) in [5, 5.41) is 12.0. The second-order valence-corrected chi connectivity index (χ2v) is 15.3. The molecule has 0 aliphatic heterocycles. The van der Waals surface area contributed by atoms with E-state index in [9.17, 15) is 36.7 Å². The third-order valence-corrected chi connectivity index (χ3v) is 9.54. The topological polar surface area (TPSA) is 189 Å². The molecule has 0 saturated heterocycles. The molecule has 2 N–H and O–H groups in total. The Hall–Kier alpha value is -8.02. The van der Waals surface area contributed by atoms with Gasteiger partial charge in [-0.3, -0.25) is 20.2 Å². The zero-order valence-corrected chi connectivity index (χ0v) is 36.1. The molecule has 4 amide bonds. The fraction of sp³-hybridized carbons (Fsp3) is 0.208. The number of alkyl carbamates (subject to hydrolysis) is 2. The summed E-state index contributed by atoms with van der Waals surface area (Å²) >= 11 is 0. The minimum atomic E-state index is -2.98. The van der Waals surface area contributed by atoms with Crippen molar-refractivity contribution in [3.63, 3.8) is 0 Å². The van der Waals surface area contributed by atoms with Gasteiger partial charge in [0, 0.05) is 34.7 Å². The van der Waals surface area contributed by atoms with Crippen LogP contribution in [-0.4, -0.2) is 50.4 Å². The molecule has 2 heterocycles. The van der Waals surface area contributed by atoms with Crippen molar-refractivity contribution in [3.05, 3.63) is 155 Å². The lowest BCUT2D eigenvalue weighted by Gasteiger charge is -2.16. The number of imide groups is 2. The van der Waals surface area contributed by atoms with Crippen LogP contribution in [0.3, 0.4) is 0 Å². The number of carbonyl (C=O) groups excluding carboxylic acids is 4. The van der Waals surface area contributed by atoms with Crippen LogP contribution in [0.1, 0.15) is 79.0 Å².